The average Bonchev–Trinajstić information content (AvgIpc) is 2.11. The molecule has 1 aliphatic rings. The van der Waals surface area contributed by atoms with Gasteiger partial charge in [-0.25, -0.2) is 9.18 Å². The highest BCUT2D eigenvalue weighted by atomic mass is 19.3. The van der Waals surface area contributed by atoms with E-state index in [2.05, 4.69) is 0 Å². The summed E-state index contributed by atoms with van der Waals surface area (Å²) in [6.07, 6.45) is 0. The zero-order valence-corrected chi connectivity index (χ0v) is 4.75. The minimum absolute atomic E-state index is 2.84. The normalized spacial score (nSPS) is 29.5. The van der Waals surface area contributed by atoms with Crippen molar-refractivity contribution in [2.75, 3.05) is 0 Å². The van der Waals surface area contributed by atoms with E-state index < -0.39 is 23.5 Å². The first kappa shape index (κ1) is 8.22. The lowest BCUT2D eigenvalue weighted by atomic mass is 10.4. The van der Waals surface area contributed by atoms with Gasteiger partial charge in [-0.3, -0.25) is 0 Å². The predicted octanol–water partition coefficient (Wildman–Crippen LogP) is 1.06. The Kier molecular flexibility index (Phi) is 1.11. The average molecular weight is 176 g/mol. The van der Waals surface area contributed by atoms with Gasteiger partial charge in [-0.1, -0.05) is 0 Å². The molecule has 0 amide bonds. The van der Waals surface area contributed by atoms with E-state index in [9.17, 15) is 26.7 Å². The van der Waals surface area contributed by atoms with Crippen molar-refractivity contribution in [2.45, 2.75) is 17.5 Å². The van der Waals surface area contributed by atoms with E-state index in [-0.39, 0.29) is 0 Å². The second-order valence-electron chi connectivity index (χ2n) is 2.11. The number of rotatable bonds is 1. The Morgan fingerprint density at radius 2 is 1.27 bits per heavy atom. The third kappa shape index (κ3) is 0.510. The molecule has 1 aliphatic carbocycles. The first-order valence-electron chi connectivity index (χ1n) is 2.37. The summed E-state index contributed by atoms with van der Waals surface area (Å²) >= 11 is 0. The molecule has 1 saturated carbocycles. The summed E-state index contributed by atoms with van der Waals surface area (Å²) in [6, 6.07) is 0. The molecule has 0 unspecified atom stereocenters. The van der Waals surface area contributed by atoms with Gasteiger partial charge in [0.05, 0.1) is 0 Å². The molecular formula is C4HF5O2. The molecule has 1 rings (SSSR count). The van der Waals surface area contributed by atoms with Crippen LogP contribution in [0.1, 0.15) is 0 Å². The van der Waals surface area contributed by atoms with Gasteiger partial charge in [0.1, 0.15) is 0 Å². The Balaban J connectivity index is 3.06. The van der Waals surface area contributed by atoms with Gasteiger partial charge in [-0.15, -0.1) is 0 Å². The molecule has 0 saturated heterocycles. The highest BCUT2D eigenvalue weighted by Crippen LogP contribution is 2.68. The van der Waals surface area contributed by atoms with Crippen molar-refractivity contribution in [3.05, 3.63) is 0 Å². The summed E-state index contributed by atoms with van der Waals surface area (Å²) in [5.74, 6) is -13.0. The van der Waals surface area contributed by atoms with Gasteiger partial charge < -0.3 is 5.11 Å². The van der Waals surface area contributed by atoms with Crippen molar-refractivity contribution in [3.8, 4) is 0 Å². The predicted molar refractivity (Wildman–Crippen MR) is 21.4 cm³/mol. The number of hydrogen-bond acceptors (Lipinski definition) is 1. The minimum Gasteiger partial charge on any atom is -0.479 e. The van der Waals surface area contributed by atoms with Crippen LogP contribution in [0, 0.1) is 0 Å². The van der Waals surface area contributed by atoms with E-state index in [0.717, 1.165) is 0 Å². The summed E-state index contributed by atoms with van der Waals surface area (Å²) in [5, 5.41) is 7.65. The molecule has 0 aromatic carbocycles. The zero-order valence-electron chi connectivity index (χ0n) is 4.75. The number of carboxylic acid groups (broad SMARTS) is 1. The maximum atomic E-state index is 12.1. The van der Waals surface area contributed by atoms with Gasteiger partial charge >= 0.3 is 23.5 Å². The summed E-state index contributed by atoms with van der Waals surface area (Å²) in [4.78, 5) is 9.58. The van der Waals surface area contributed by atoms with Crippen molar-refractivity contribution in [1.82, 2.24) is 0 Å². The smallest absolute Gasteiger partial charge is 0.364 e. The Hall–Kier alpha value is -0.880. The summed E-state index contributed by atoms with van der Waals surface area (Å²) in [6.45, 7) is 0. The Bertz CT molecular complexity index is 209. The van der Waals surface area contributed by atoms with Crippen molar-refractivity contribution in [2.24, 2.45) is 0 Å². The number of hydrogen-bond donors (Lipinski definition) is 1. The van der Waals surface area contributed by atoms with Gasteiger partial charge in [-0.2, -0.15) is 17.6 Å². The standard InChI is InChI=1S/C4HF5O2/c5-2(1(10)11)3(6,7)4(2,8)9/h(H,10,11). The monoisotopic (exact) mass is 176 g/mol. The van der Waals surface area contributed by atoms with Gasteiger partial charge in [0.2, 0.25) is 0 Å². The third-order valence-electron chi connectivity index (χ3n) is 1.49. The minimum atomic E-state index is -5.08. The summed E-state index contributed by atoms with van der Waals surface area (Å²) in [5.41, 5.74) is -4.71. The number of halogens is 5. The summed E-state index contributed by atoms with van der Waals surface area (Å²) in [7, 11) is 0. The maximum absolute atomic E-state index is 12.1. The van der Waals surface area contributed by atoms with Crippen LogP contribution >= 0.6 is 0 Å². The lowest BCUT2D eigenvalue weighted by molar-refractivity contribution is -0.150. The topological polar surface area (TPSA) is 37.3 Å². The van der Waals surface area contributed by atoms with Crippen molar-refractivity contribution < 1.29 is 31.9 Å². The first-order chi connectivity index (χ1) is 4.69. The van der Waals surface area contributed by atoms with E-state index >= 15 is 0 Å². The highest BCUT2D eigenvalue weighted by molar-refractivity contribution is 5.86. The van der Waals surface area contributed by atoms with E-state index in [4.69, 9.17) is 5.11 Å². The van der Waals surface area contributed by atoms with E-state index in [0.29, 0.717) is 0 Å². The van der Waals surface area contributed by atoms with Crippen LogP contribution in [-0.4, -0.2) is 28.6 Å². The van der Waals surface area contributed by atoms with Crippen LogP contribution in [0.3, 0.4) is 0 Å². The highest BCUT2D eigenvalue weighted by Gasteiger charge is 3.03. The molecule has 0 aliphatic heterocycles. The van der Waals surface area contributed by atoms with Crippen molar-refractivity contribution >= 4 is 5.97 Å². The fourth-order valence-corrected chi connectivity index (χ4v) is 0.655. The van der Waals surface area contributed by atoms with Crippen LogP contribution in [0.15, 0.2) is 0 Å². The Morgan fingerprint density at radius 1 is 1.00 bits per heavy atom. The van der Waals surface area contributed by atoms with Gasteiger partial charge in [0.25, 0.3) is 0 Å². The quantitative estimate of drug-likeness (QED) is 0.606. The number of carbonyl (C=O) groups is 1. The molecule has 7 heteroatoms. The number of alkyl halides is 5. The molecule has 0 aromatic rings. The fraction of sp³-hybridized carbons (Fsp3) is 0.750. The molecule has 0 radical (unpaired) electrons. The van der Waals surface area contributed by atoms with Crippen molar-refractivity contribution in [3.63, 3.8) is 0 Å². The van der Waals surface area contributed by atoms with Crippen LogP contribution in [-0.2, 0) is 4.79 Å². The Morgan fingerprint density at radius 3 is 1.27 bits per heavy atom. The third-order valence-corrected chi connectivity index (χ3v) is 1.49. The molecule has 64 valence electrons. The van der Waals surface area contributed by atoms with Gasteiger partial charge in [-0.05, 0) is 0 Å². The van der Waals surface area contributed by atoms with E-state index in [1.807, 2.05) is 0 Å². The van der Waals surface area contributed by atoms with E-state index in [1.54, 1.807) is 0 Å². The SMILES string of the molecule is O=C(O)C1(F)C(F)(F)C1(F)F. The van der Waals surface area contributed by atoms with Crippen LogP contribution in [0.2, 0.25) is 0 Å². The number of aliphatic carboxylic acids is 1. The zero-order chi connectivity index (χ0) is 9.08. The largest absolute Gasteiger partial charge is 0.479 e. The molecule has 0 spiro atoms. The summed E-state index contributed by atoms with van der Waals surface area (Å²) < 4.78 is 58.9. The lowest BCUT2D eigenvalue weighted by Crippen LogP contribution is -2.26. The molecule has 1 fully saturated rings. The van der Waals surface area contributed by atoms with Crippen LogP contribution < -0.4 is 0 Å². The van der Waals surface area contributed by atoms with Gasteiger partial charge in [0, 0.05) is 0 Å². The van der Waals surface area contributed by atoms with Crippen LogP contribution in [0.4, 0.5) is 22.0 Å². The number of carboxylic acids is 1. The molecule has 0 bridgehead atoms. The maximum Gasteiger partial charge on any atom is 0.364 e. The molecule has 2 nitrogen and oxygen atoms in total. The van der Waals surface area contributed by atoms with Crippen LogP contribution in [0.5, 0.6) is 0 Å². The lowest BCUT2D eigenvalue weighted by Gasteiger charge is -1.93. The molecule has 0 heterocycles. The van der Waals surface area contributed by atoms with Crippen LogP contribution in [0.25, 0.3) is 0 Å². The Labute approximate surface area is 56.6 Å². The molecule has 0 aromatic heterocycles. The second-order valence-corrected chi connectivity index (χ2v) is 2.11. The molecule has 0 atom stereocenters. The van der Waals surface area contributed by atoms with E-state index in [1.165, 1.54) is 0 Å². The first-order valence-corrected chi connectivity index (χ1v) is 2.37. The van der Waals surface area contributed by atoms with Crippen molar-refractivity contribution in [1.29, 1.82) is 0 Å². The second kappa shape index (κ2) is 1.49. The molecule has 11 heavy (non-hydrogen) atoms. The fourth-order valence-electron chi connectivity index (χ4n) is 0.655. The van der Waals surface area contributed by atoms with Gasteiger partial charge in [0.15, 0.2) is 0 Å². The molecule has 1 N–H and O–H groups in total. The molecular weight excluding hydrogens is 175 g/mol.